The van der Waals surface area contributed by atoms with Crippen molar-refractivity contribution in [1.29, 1.82) is 0 Å². The van der Waals surface area contributed by atoms with Crippen molar-refractivity contribution in [3.63, 3.8) is 0 Å². The molecule has 0 bridgehead atoms. The molecule has 3 aliphatic rings. The number of ketones is 1. The average Bonchev–Trinajstić information content (AvgIpc) is 2.90. The Morgan fingerprint density at radius 2 is 2.14 bits per heavy atom. The maximum atomic E-state index is 12.8. The van der Waals surface area contributed by atoms with Gasteiger partial charge in [0.15, 0.2) is 5.78 Å². The fourth-order valence-electron chi connectivity index (χ4n) is 4.14. The van der Waals surface area contributed by atoms with Crippen LogP contribution in [0.3, 0.4) is 0 Å². The maximum absolute atomic E-state index is 12.8. The van der Waals surface area contributed by atoms with E-state index in [1.807, 2.05) is 24.3 Å². The standard InChI is InChI=1S/C19H20O3/c1-11-9-13-5-3-8-16(20)19(13)10-22-15-7-4-6-14(17(15)19)18(21)12(11)2/h3-8,11-12,18,21H,9-10H2,1-2H3/t11-,12-,18-,19-/m1/s1. The molecular formula is C19H20O3. The number of carbonyl (C=O) groups excluding carboxylic acids is 1. The molecule has 1 aromatic rings. The first-order valence-electron chi connectivity index (χ1n) is 7.92. The highest BCUT2D eigenvalue weighted by Gasteiger charge is 2.53. The molecule has 0 unspecified atom stereocenters. The summed E-state index contributed by atoms with van der Waals surface area (Å²) < 4.78 is 5.88. The monoisotopic (exact) mass is 296 g/mol. The van der Waals surface area contributed by atoms with E-state index in [1.165, 1.54) is 0 Å². The number of ether oxygens (including phenoxy) is 1. The fraction of sp³-hybridized carbons (Fsp3) is 0.421. The minimum Gasteiger partial charge on any atom is -0.491 e. The summed E-state index contributed by atoms with van der Waals surface area (Å²) in [6, 6.07) is 5.75. The first kappa shape index (κ1) is 13.8. The van der Waals surface area contributed by atoms with Crippen molar-refractivity contribution in [3.8, 4) is 5.75 Å². The Kier molecular flexibility index (Phi) is 2.85. The van der Waals surface area contributed by atoms with Gasteiger partial charge in [-0.25, -0.2) is 0 Å². The van der Waals surface area contributed by atoms with E-state index in [2.05, 4.69) is 19.9 Å². The zero-order chi connectivity index (χ0) is 15.5. The van der Waals surface area contributed by atoms with Gasteiger partial charge in [0.05, 0.1) is 6.10 Å². The van der Waals surface area contributed by atoms with Gasteiger partial charge >= 0.3 is 0 Å². The van der Waals surface area contributed by atoms with Crippen molar-refractivity contribution < 1.29 is 14.6 Å². The lowest BCUT2D eigenvalue weighted by atomic mass is 9.63. The number of hydrogen-bond donors (Lipinski definition) is 1. The summed E-state index contributed by atoms with van der Waals surface area (Å²) >= 11 is 0. The van der Waals surface area contributed by atoms with Crippen LogP contribution in [-0.4, -0.2) is 17.5 Å². The summed E-state index contributed by atoms with van der Waals surface area (Å²) in [4.78, 5) is 12.8. The molecular weight excluding hydrogens is 276 g/mol. The molecule has 22 heavy (non-hydrogen) atoms. The molecule has 0 radical (unpaired) electrons. The smallest absolute Gasteiger partial charge is 0.173 e. The lowest BCUT2D eigenvalue weighted by Crippen LogP contribution is -2.43. The van der Waals surface area contributed by atoms with Crippen molar-refractivity contribution in [2.24, 2.45) is 11.8 Å². The highest BCUT2D eigenvalue weighted by Crippen LogP contribution is 2.53. The summed E-state index contributed by atoms with van der Waals surface area (Å²) in [5.74, 6) is 1.25. The van der Waals surface area contributed by atoms with Crippen molar-refractivity contribution in [2.75, 3.05) is 6.61 Å². The molecule has 4 rings (SSSR count). The van der Waals surface area contributed by atoms with Crippen LogP contribution in [0.25, 0.3) is 0 Å². The SMILES string of the molecule is C[C@@H]1[C@H](C)CC2=CC=CC(=O)[C@@]23COc2cccc(c23)[C@@H]1O. The summed E-state index contributed by atoms with van der Waals surface area (Å²) in [7, 11) is 0. The van der Waals surface area contributed by atoms with Crippen LogP contribution in [0.4, 0.5) is 0 Å². The normalized spacial score (nSPS) is 35.9. The topological polar surface area (TPSA) is 46.5 Å². The second-order valence-electron chi connectivity index (χ2n) is 6.82. The van der Waals surface area contributed by atoms with Crippen LogP contribution >= 0.6 is 0 Å². The molecule has 1 spiro atoms. The van der Waals surface area contributed by atoms with Crippen molar-refractivity contribution >= 4 is 5.78 Å². The third kappa shape index (κ3) is 1.57. The van der Waals surface area contributed by atoms with Crippen molar-refractivity contribution in [2.45, 2.75) is 31.8 Å². The van der Waals surface area contributed by atoms with E-state index in [4.69, 9.17) is 4.74 Å². The van der Waals surface area contributed by atoms with Gasteiger partial charge in [-0.15, -0.1) is 0 Å². The number of aliphatic hydroxyl groups excluding tert-OH is 1. The molecule has 1 aliphatic heterocycles. The van der Waals surface area contributed by atoms with Crippen LogP contribution in [0.15, 0.2) is 42.0 Å². The Morgan fingerprint density at radius 3 is 2.95 bits per heavy atom. The quantitative estimate of drug-likeness (QED) is 0.800. The molecule has 3 heteroatoms. The lowest BCUT2D eigenvalue weighted by Gasteiger charge is -2.39. The summed E-state index contributed by atoms with van der Waals surface area (Å²) in [5, 5.41) is 10.8. The number of allylic oxidation sites excluding steroid dienone is 3. The van der Waals surface area contributed by atoms with Gasteiger partial charge in [0.2, 0.25) is 0 Å². The second kappa shape index (κ2) is 4.56. The predicted octanol–water partition coefficient (Wildman–Crippen LogP) is 3.09. The van der Waals surface area contributed by atoms with Gasteiger partial charge in [0, 0.05) is 5.56 Å². The van der Waals surface area contributed by atoms with Gasteiger partial charge in [-0.3, -0.25) is 4.79 Å². The molecule has 0 aromatic heterocycles. The molecule has 0 saturated heterocycles. The summed E-state index contributed by atoms with van der Waals surface area (Å²) in [6.45, 7) is 4.58. The van der Waals surface area contributed by atoms with E-state index >= 15 is 0 Å². The molecule has 114 valence electrons. The van der Waals surface area contributed by atoms with E-state index in [-0.39, 0.29) is 11.7 Å². The molecule has 2 aliphatic carbocycles. The Labute approximate surface area is 130 Å². The summed E-state index contributed by atoms with van der Waals surface area (Å²) in [5.41, 5.74) is 2.14. The van der Waals surface area contributed by atoms with Crippen LogP contribution in [0.2, 0.25) is 0 Å². The van der Waals surface area contributed by atoms with E-state index in [0.717, 1.165) is 28.9 Å². The predicted molar refractivity (Wildman–Crippen MR) is 83.7 cm³/mol. The van der Waals surface area contributed by atoms with E-state index in [9.17, 15) is 9.90 Å². The lowest BCUT2D eigenvalue weighted by molar-refractivity contribution is -0.119. The van der Waals surface area contributed by atoms with Crippen LogP contribution in [0, 0.1) is 11.8 Å². The Hall–Kier alpha value is -1.87. The zero-order valence-electron chi connectivity index (χ0n) is 12.9. The third-order valence-electron chi connectivity index (χ3n) is 5.70. The largest absolute Gasteiger partial charge is 0.491 e. The minimum absolute atomic E-state index is 0.0742. The molecule has 1 N–H and O–H groups in total. The van der Waals surface area contributed by atoms with Gasteiger partial charge in [-0.2, -0.15) is 0 Å². The Balaban J connectivity index is 2.05. The molecule has 0 amide bonds. The number of aliphatic hydroxyl groups is 1. The minimum atomic E-state index is -0.726. The molecule has 3 nitrogen and oxygen atoms in total. The number of rotatable bonds is 0. The van der Waals surface area contributed by atoms with E-state index in [1.54, 1.807) is 6.08 Å². The van der Waals surface area contributed by atoms with Crippen molar-refractivity contribution in [3.05, 3.63) is 53.1 Å². The molecule has 1 heterocycles. The van der Waals surface area contributed by atoms with Crippen LogP contribution in [0.1, 0.15) is 37.5 Å². The van der Waals surface area contributed by atoms with Crippen LogP contribution in [-0.2, 0) is 10.2 Å². The van der Waals surface area contributed by atoms with E-state index in [0.29, 0.717) is 12.5 Å². The molecule has 0 fully saturated rings. The molecule has 0 saturated carbocycles. The van der Waals surface area contributed by atoms with Crippen molar-refractivity contribution in [1.82, 2.24) is 0 Å². The number of benzene rings is 1. The number of hydrogen-bond acceptors (Lipinski definition) is 3. The van der Waals surface area contributed by atoms with Gasteiger partial charge in [0.25, 0.3) is 0 Å². The van der Waals surface area contributed by atoms with Gasteiger partial charge in [0.1, 0.15) is 17.8 Å². The highest BCUT2D eigenvalue weighted by atomic mass is 16.5. The van der Waals surface area contributed by atoms with Crippen LogP contribution in [0.5, 0.6) is 5.75 Å². The van der Waals surface area contributed by atoms with E-state index < -0.39 is 11.5 Å². The maximum Gasteiger partial charge on any atom is 0.173 e. The third-order valence-corrected chi connectivity index (χ3v) is 5.70. The Morgan fingerprint density at radius 1 is 1.32 bits per heavy atom. The number of carbonyl (C=O) groups is 1. The van der Waals surface area contributed by atoms with Gasteiger partial charge in [-0.05, 0) is 41.5 Å². The molecule has 4 atom stereocenters. The second-order valence-corrected chi connectivity index (χ2v) is 6.82. The summed E-state index contributed by atoms with van der Waals surface area (Å²) in [6.07, 6.45) is 5.80. The van der Waals surface area contributed by atoms with Gasteiger partial charge < -0.3 is 9.84 Å². The molecule has 1 aromatic carbocycles. The first-order chi connectivity index (χ1) is 10.6. The average molecular weight is 296 g/mol. The first-order valence-corrected chi connectivity index (χ1v) is 7.92. The van der Waals surface area contributed by atoms with Gasteiger partial charge in [-0.1, -0.05) is 38.1 Å². The van der Waals surface area contributed by atoms with Crippen LogP contribution < -0.4 is 4.74 Å². The highest BCUT2D eigenvalue weighted by molar-refractivity contribution is 6.05. The Bertz CT molecular complexity index is 715. The fourth-order valence-corrected chi connectivity index (χ4v) is 4.14. The zero-order valence-corrected chi connectivity index (χ0v) is 12.9.